The Labute approximate surface area is 109 Å². The summed E-state index contributed by atoms with van der Waals surface area (Å²) in [6.07, 6.45) is -2.80. The first-order chi connectivity index (χ1) is 8.88. The van der Waals surface area contributed by atoms with Crippen LogP contribution in [0.2, 0.25) is 0 Å². The summed E-state index contributed by atoms with van der Waals surface area (Å²) in [7, 11) is 0. The van der Waals surface area contributed by atoms with Gasteiger partial charge in [0.25, 0.3) is 0 Å². The standard InChI is InChI=1S/C14H13F3N2/c1-9(18)13-6-5-11(8-19-13)10-3-2-4-12(7-10)14(15,16)17/h2-9H,18H2,1H3. The Morgan fingerprint density at radius 2 is 1.84 bits per heavy atom. The van der Waals surface area contributed by atoms with Crippen molar-refractivity contribution in [2.24, 2.45) is 5.73 Å². The van der Waals surface area contributed by atoms with Crippen LogP contribution >= 0.6 is 0 Å². The number of pyridine rings is 1. The molecule has 19 heavy (non-hydrogen) atoms. The van der Waals surface area contributed by atoms with Crippen LogP contribution in [0.3, 0.4) is 0 Å². The lowest BCUT2D eigenvalue weighted by atomic mass is 10.0. The topological polar surface area (TPSA) is 38.9 Å². The molecule has 0 saturated carbocycles. The number of rotatable bonds is 2. The normalized spacial score (nSPS) is 13.3. The van der Waals surface area contributed by atoms with Crippen molar-refractivity contribution >= 4 is 0 Å². The lowest BCUT2D eigenvalue weighted by Crippen LogP contribution is -2.07. The summed E-state index contributed by atoms with van der Waals surface area (Å²) in [4.78, 5) is 4.14. The Morgan fingerprint density at radius 1 is 1.11 bits per heavy atom. The summed E-state index contributed by atoms with van der Waals surface area (Å²) in [5.41, 5.74) is 6.83. The van der Waals surface area contributed by atoms with Gasteiger partial charge in [-0.2, -0.15) is 13.2 Å². The third-order valence-electron chi connectivity index (χ3n) is 2.78. The molecule has 1 unspecified atom stereocenters. The van der Waals surface area contributed by atoms with Gasteiger partial charge < -0.3 is 5.73 Å². The molecular formula is C14H13F3N2. The van der Waals surface area contributed by atoms with E-state index >= 15 is 0 Å². The molecule has 5 heteroatoms. The smallest absolute Gasteiger partial charge is 0.323 e. The quantitative estimate of drug-likeness (QED) is 0.898. The molecule has 2 aromatic rings. The van der Waals surface area contributed by atoms with Crippen LogP contribution in [-0.4, -0.2) is 4.98 Å². The van der Waals surface area contributed by atoms with Crippen LogP contribution in [0.5, 0.6) is 0 Å². The maximum atomic E-state index is 12.6. The van der Waals surface area contributed by atoms with E-state index in [0.717, 1.165) is 12.1 Å². The third kappa shape index (κ3) is 3.12. The SMILES string of the molecule is CC(N)c1ccc(-c2cccc(C(F)(F)F)c2)cn1. The number of nitrogens with zero attached hydrogens (tertiary/aromatic N) is 1. The fourth-order valence-electron chi connectivity index (χ4n) is 1.72. The van der Waals surface area contributed by atoms with Gasteiger partial charge in [0.05, 0.1) is 11.3 Å². The van der Waals surface area contributed by atoms with Gasteiger partial charge >= 0.3 is 6.18 Å². The van der Waals surface area contributed by atoms with Crippen molar-refractivity contribution in [3.63, 3.8) is 0 Å². The lowest BCUT2D eigenvalue weighted by molar-refractivity contribution is -0.137. The van der Waals surface area contributed by atoms with Crippen LogP contribution in [-0.2, 0) is 6.18 Å². The van der Waals surface area contributed by atoms with Crippen molar-refractivity contribution in [1.29, 1.82) is 0 Å². The number of hydrogen-bond acceptors (Lipinski definition) is 2. The second-order valence-corrected chi connectivity index (χ2v) is 4.34. The highest BCUT2D eigenvalue weighted by Gasteiger charge is 2.30. The van der Waals surface area contributed by atoms with E-state index in [1.165, 1.54) is 12.3 Å². The first kappa shape index (κ1) is 13.5. The molecule has 0 radical (unpaired) electrons. The van der Waals surface area contributed by atoms with Gasteiger partial charge in [0, 0.05) is 17.8 Å². The highest BCUT2D eigenvalue weighted by molar-refractivity contribution is 5.63. The summed E-state index contributed by atoms with van der Waals surface area (Å²) in [6.45, 7) is 1.80. The first-order valence-corrected chi connectivity index (χ1v) is 5.77. The van der Waals surface area contributed by atoms with Gasteiger partial charge in [-0.3, -0.25) is 4.98 Å². The number of alkyl halides is 3. The molecule has 0 aliphatic heterocycles. The minimum Gasteiger partial charge on any atom is -0.323 e. The van der Waals surface area contributed by atoms with Gasteiger partial charge in [0.15, 0.2) is 0 Å². The largest absolute Gasteiger partial charge is 0.416 e. The predicted molar refractivity (Wildman–Crippen MR) is 67.3 cm³/mol. The molecule has 0 bridgehead atoms. The molecule has 1 atom stereocenters. The van der Waals surface area contributed by atoms with Crippen LogP contribution < -0.4 is 5.73 Å². The van der Waals surface area contributed by atoms with Crippen molar-refractivity contribution in [3.05, 3.63) is 53.9 Å². The van der Waals surface area contributed by atoms with E-state index in [1.54, 1.807) is 25.1 Å². The minimum absolute atomic E-state index is 0.199. The zero-order valence-electron chi connectivity index (χ0n) is 10.3. The van der Waals surface area contributed by atoms with Gasteiger partial charge in [-0.05, 0) is 30.7 Å². The van der Waals surface area contributed by atoms with Gasteiger partial charge in [-0.1, -0.05) is 18.2 Å². The summed E-state index contributed by atoms with van der Waals surface area (Å²) in [5.74, 6) is 0. The highest BCUT2D eigenvalue weighted by Crippen LogP contribution is 2.32. The van der Waals surface area contributed by atoms with E-state index in [2.05, 4.69) is 4.98 Å². The Balaban J connectivity index is 2.37. The van der Waals surface area contributed by atoms with Crippen molar-refractivity contribution in [1.82, 2.24) is 4.98 Å². The predicted octanol–water partition coefficient (Wildman–Crippen LogP) is 3.79. The Morgan fingerprint density at radius 3 is 2.37 bits per heavy atom. The number of halogens is 3. The molecule has 2 N–H and O–H groups in total. The Bertz CT molecular complexity index is 560. The number of benzene rings is 1. The molecule has 1 aromatic heterocycles. The Hall–Kier alpha value is -1.88. The van der Waals surface area contributed by atoms with Crippen molar-refractivity contribution in [2.45, 2.75) is 19.1 Å². The molecule has 1 aromatic carbocycles. The van der Waals surface area contributed by atoms with E-state index in [-0.39, 0.29) is 6.04 Å². The number of aromatic nitrogens is 1. The van der Waals surface area contributed by atoms with Gasteiger partial charge in [0.1, 0.15) is 0 Å². The monoisotopic (exact) mass is 266 g/mol. The maximum absolute atomic E-state index is 12.6. The molecule has 0 amide bonds. The van der Waals surface area contributed by atoms with Gasteiger partial charge in [-0.15, -0.1) is 0 Å². The van der Waals surface area contributed by atoms with Gasteiger partial charge in [0.2, 0.25) is 0 Å². The second-order valence-electron chi connectivity index (χ2n) is 4.34. The molecule has 0 saturated heterocycles. The molecule has 100 valence electrons. The van der Waals surface area contributed by atoms with Crippen molar-refractivity contribution in [3.8, 4) is 11.1 Å². The van der Waals surface area contributed by atoms with E-state index in [9.17, 15) is 13.2 Å². The van der Waals surface area contributed by atoms with Crippen molar-refractivity contribution < 1.29 is 13.2 Å². The first-order valence-electron chi connectivity index (χ1n) is 5.77. The Kier molecular flexibility index (Phi) is 3.57. The lowest BCUT2D eigenvalue weighted by Gasteiger charge is -2.09. The zero-order valence-corrected chi connectivity index (χ0v) is 10.3. The van der Waals surface area contributed by atoms with Crippen molar-refractivity contribution in [2.75, 3.05) is 0 Å². The average molecular weight is 266 g/mol. The molecule has 1 heterocycles. The number of nitrogens with two attached hydrogens (primary N) is 1. The number of hydrogen-bond donors (Lipinski definition) is 1. The fraction of sp³-hybridized carbons (Fsp3) is 0.214. The summed E-state index contributed by atoms with van der Waals surface area (Å²) >= 11 is 0. The molecule has 0 fully saturated rings. The fourth-order valence-corrected chi connectivity index (χ4v) is 1.72. The van der Waals surface area contributed by atoms with E-state index in [0.29, 0.717) is 16.8 Å². The van der Waals surface area contributed by atoms with Crippen LogP contribution in [0.4, 0.5) is 13.2 Å². The maximum Gasteiger partial charge on any atom is 0.416 e. The van der Waals surface area contributed by atoms with Crippen LogP contribution in [0.1, 0.15) is 24.2 Å². The van der Waals surface area contributed by atoms with Crippen LogP contribution in [0.15, 0.2) is 42.6 Å². The van der Waals surface area contributed by atoms with E-state index in [1.807, 2.05) is 0 Å². The molecule has 2 nitrogen and oxygen atoms in total. The highest BCUT2D eigenvalue weighted by atomic mass is 19.4. The van der Waals surface area contributed by atoms with E-state index < -0.39 is 11.7 Å². The summed E-state index contributed by atoms with van der Waals surface area (Å²) in [5, 5.41) is 0. The third-order valence-corrected chi connectivity index (χ3v) is 2.78. The zero-order chi connectivity index (χ0) is 14.0. The molecule has 0 spiro atoms. The molecule has 0 aliphatic rings. The molecule has 0 aliphatic carbocycles. The molecule has 2 rings (SSSR count). The van der Waals surface area contributed by atoms with Gasteiger partial charge in [-0.25, -0.2) is 0 Å². The summed E-state index contributed by atoms with van der Waals surface area (Å²) in [6, 6.07) is 8.42. The average Bonchev–Trinajstić information content (AvgIpc) is 2.38. The molecular weight excluding hydrogens is 253 g/mol. The summed E-state index contributed by atoms with van der Waals surface area (Å²) < 4.78 is 37.9. The minimum atomic E-state index is -4.34. The second kappa shape index (κ2) is 5.01. The van der Waals surface area contributed by atoms with Crippen LogP contribution in [0.25, 0.3) is 11.1 Å². The van der Waals surface area contributed by atoms with Crippen LogP contribution in [0, 0.1) is 0 Å². The van der Waals surface area contributed by atoms with E-state index in [4.69, 9.17) is 5.73 Å².